The molecule has 1 aromatic carbocycles. The van der Waals surface area contributed by atoms with Crippen LogP contribution in [0.1, 0.15) is 44.6 Å². The lowest BCUT2D eigenvalue weighted by molar-refractivity contribution is -0.134. The molecule has 1 N–H and O–H groups in total. The van der Waals surface area contributed by atoms with Crippen LogP contribution >= 0.6 is 0 Å². The summed E-state index contributed by atoms with van der Waals surface area (Å²) in [6.07, 6.45) is 5.05. The van der Waals surface area contributed by atoms with E-state index in [1.165, 1.54) is 18.6 Å². The summed E-state index contributed by atoms with van der Waals surface area (Å²) in [6, 6.07) is 6.42. The van der Waals surface area contributed by atoms with Crippen molar-refractivity contribution in [1.29, 1.82) is 0 Å². The van der Waals surface area contributed by atoms with Crippen molar-refractivity contribution in [2.45, 2.75) is 51.5 Å². The molecule has 24 heavy (non-hydrogen) atoms. The lowest BCUT2D eigenvalue weighted by Gasteiger charge is -2.35. The number of aryl methyl sites for hydroxylation is 1. The van der Waals surface area contributed by atoms with Gasteiger partial charge in [-0.3, -0.25) is 9.59 Å². The van der Waals surface area contributed by atoms with Crippen LogP contribution in [0, 0.1) is 5.82 Å². The second-order valence-corrected chi connectivity index (χ2v) is 6.50. The third-order valence-corrected chi connectivity index (χ3v) is 4.91. The molecule has 128 valence electrons. The number of aromatic amines is 1. The molecule has 3 rings (SSSR count). The topological polar surface area (TPSA) is 53.2 Å². The maximum absolute atomic E-state index is 13.2. The number of nitrogens with zero attached hydrogens (tertiary/aromatic N) is 1. The van der Waals surface area contributed by atoms with Gasteiger partial charge in [0.15, 0.2) is 0 Å². The molecule has 2 heterocycles. The summed E-state index contributed by atoms with van der Waals surface area (Å²) in [4.78, 5) is 29.4. The molecule has 1 aliphatic rings. The van der Waals surface area contributed by atoms with Gasteiger partial charge in [0.1, 0.15) is 5.82 Å². The molecule has 0 bridgehead atoms. The quantitative estimate of drug-likeness (QED) is 0.934. The highest BCUT2D eigenvalue weighted by Crippen LogP contribution is 2.21. The highest BCUT2D eigenvalue weighted by atomic mass is 19.1. The van der Waals surface area contributed by atoms with Crippen LogP contribution in [-0.2, 0) is 11.2 Å². The Hall–Kier alpha value is -2.17. The summed E-state index contributed by atoms with van der Waals surface area (Å²) in [5, 5.41) is 0.780. The third kappa shape index (κ3) is 3.50. The van der Waals surface area contributed by atoms with Gasteiger partial charge in [0, 0.05) is 24.6 Å². The average molecular weight is 330 g/mol. The standard InChI is InChI=1S/C19H23FN2O2/c1-2-16-5-3-4-10-22(16)18(23)9-7-14-11-13-6-8-15(20)12-17(13)21-19(14)24/h6,8,11-12,16H,2-5,7,9-10H2,1H3,(H,21,24). The van der Waals surface area contributed by atoms with E-state index in [0.29, 0.717) is 30.0 Å². The zero-order valence-corrected chi connectivity index (χ0v) is 14.0. The number of hydrogen-bond acceptors (Lipinski definition) is 2. The predicted octanol–water partition coefficient (Wildman–Crippen LogP) is 3.39. The average Bonchev–Trinajstić information content (AvgIpc) is 2.59. The summed E-state index contributed by atoms with van der Waals surface area (Å²) in [7, 11) is 0. The summed E-state index contributed by atoms with van der Waals surface area (Å²) >= 11 is 0. The van der Waals surface area contributed by atoms with Crippen molar-refractivity contribution in [2.24, 2.45) is 0 Å². The minimum absolute atomic E-state index is 0.125. The molecule has 1 aliphatic heterocycles. The maximum Gasteiger partial charge on any atom is 0.251 e. The number of halogens is 1. The fourth-order valence-electron chi connectivity index (χ4n) is 3.54. The van der Waals surface area contributed by atoms with Crippen LogP contribution < -0.4 is 5.56 Å². The van der Waals surface area contributed by atoms with E-state index >= 15 is 0 Å². The highest BCUT2D eigenvalue weighted by molar-refractivity contribution is 5.80. The Labute approximate surface area is 140 Å². The van der Waals surface area contributed by atoms with Gasteiger partial charge in [0.05, 0.1) is 5.52 Å². The van der Waals surface area contributed by atoms with Crippen LogP contribution in [0.5, 0.6) is 0 Å². The number of pyridine rings is 1. The van der Waals surface area contributed by atoms with Crippen molar-refractivity contribution in [3.63, 3.8) is 0 Å². The van der Waals surface area contributed by atoms with E-state index in [-0.39, 0.29) is 17.3 Å². The first kappa shape index (κ1) is 16.7. The first-order valence-electron chi connectivity index (χ1n) is 8.69. The van der Waals surface area contributed by atoms with E-state index in [9.17, 15) is 14.0 Å². The number of fused-ring (bicyclic) bond motifs is 1. The van der Waals surface area contributed by atoms with Gasteiger partial charge in [0.25, 0.3) is 5.56 Å². The van der Waals surface area contributed by atoms with Crippen LogP contribution in [0.2, 0.25) is 0 Å². The van der Waals surface area contributed by atoms with E-state index in [0.717, 1.165) is 31.2 Å². The van der Waals surface area contributed by atoms with E-state index in [1.54, 1.807) is 12.1 Å². The van der Waals surface area contributed by atoms with Gasteiger partial charge >= 0.3 is 0 Å². The van der Waals surface area contributed by atoms with Gasteiger partial charge in [-0.1, -0.05) is 6.92 Å². The van der Waals surface area contributed by atoms with Crippen LogP contribution in [0.3, 0.4) is 0 Å². The van der Waals surface area contributed by atoms with Crippen molar-refractivity contribution in [1.82, 2.24) is 9.88 Å². The molecule has 1 amide bonds. The zero-order valence-electron chi connectivity index (χ0n) is 14.0. The van der Waals surface area contributed by atoms with Crippen LogP contribution in [0.15, 0.2) is 29.1 Å². The van der Waals surface area contributed by atoms with Crippen LogP contribution in [0.25, 0.3) is 10.9 Å². The highest BCUT2D eigenvalue weighted by Gasteiger charge is 2.24. The Kier molecular flexibility index (Phi) is 4.97. The summed E-state index contributed by atoms with van der Waals surface area (Å²) in [5.74, 6) is -0.253. The molecule has 1 atom stereocenters. The molecule has 1 unspecified atom stereocenters. The molecule has 5 heteroatoms. The predicted molar refractivity (Wildman–Crippen MR) is 92.5 cm³/mol. The van der Waals surface area contributed by atoms with Crippen LogP contribution in [0.4, 0.5) is 4.39 Å². The summed E-state index contributed by atoms with van der Waals surface area (Å²) in [5.41, 5.74) is 0.816. The van der Waals surface area contributed by atoms with Gasteiger partial charge in [-0.25, -0.2) is 4.39 Å². The minimum atomic E-state index is -0.378. The molecular formula is C19H23FN2O2. The van der Waals surface area contributed by atoms with Crippen molar-refractivity contribution >= 4 is 16.8 Å². The zero-order chi connectivity index (χ0) is 17.1. The number of aromatic nitrogens is 1. The normalized spacial score (nSPS) is 18.1. The molecule has 1 aromatic heterocycles. The smallest absolute Gasteiger partial charge is 0.251 e. The lowest BCUT2D eigenvalue weighted by atomic mass is 9.99. The van der Waals surface area contributed by atoms with E-state index in [1.807, 2.05) is 4.90 Å². The fourth-order valence-corrected chi connectivity index (χ4v) is 3.54. The number of H-pyrrole nitrogens is 1. The van der Waals surface area contributed by atoms with Gasteiger partial charge in [-0.05, 0) is 61.8 Å². The number of rotatable bonds is 4. The third-order valence-electron chi connectivity index (χ3n) is 4.91. The Balaban J connectivity index is 1.73. The fraction of sp³-hybridized carbons (Fsp3) is 0.474. The molecule has 2 aromatic rings. The molecule has 0 aliphatic carbocycles. The molecule has 0 saturated carbocycles. The second kappa shape index (κ2) is 7.16. The minimum Gasteiger partial charge on any atom is -0.340 e. The van der Waals surface area contributed by atoms with E-state index in [2.05, 4.69) is 11.9 Å². The summed E-state index contributed by atoms with van der Waals surface area (Å²) in [6.45, 7) is 2.94. The monoisotopic (exact) mass is 330 g/mol. The first-order valence-corrected chi connectivity index (χ1v) is 8.69. The largest absolute Gasteiger partial charge is 0.340 e. The van der Waals surface area contributed by atoms with Gasteiger partial charge < -0.3 is 9.88 Å². The van der Waals surface area contributed by atoms with E-state index in [4.69, 9.17) is 0 Å². The SMILES string of the molecule is CCC1CCCCN1C(=O)CCc1cc2ccc(F)cc2[nH]c1=O. The number of carbonyl (C=O) groups is 1. The summed E-state index contributed by atoms with van der Waals surface area (Å²) < 4.78 is 13.2. The Morgan fingerprint density at radius 2 is 2.17 bits per heavy atom. The van der Waals surface area contributed by atoms with Crippen molar-refractivity contribution < 1.29 is 9.18 Å². The molecule has 4 nitrogen and oxygen atoms in total. The number of benzene rings is 1. The van der Waals surface area contributed by atoms with E-state index < -0.39 is 0 Å². The van der Waals surface area contributed by atoms with Gasteiger partial charge in [0.2, 0.25) is 5.91 Å². The van der Waals surface area contributed by atoms with Crippen LogP contribution in [-0.4, -0.2) is 28.4 Å². The number of likely N-dealkylation sites (tertiary alicyclic amines) is 1. The Morgan fingerprint density at radius 3 is 2.96 bits per heavy atom. The molecule has 1 fully saturated rings. The Morgan fingerprint density at radius 1 is 1.33 bits per heavy atom. The molecule has 1 saturated heterocycles. The number of carbonyl (C=O) groups excluding carboxylic acids is 1. The molecular weight excluding hydrogens is 307 g/mol. The number of piperidine rings is 1. The Bertz CT molecular complexity index is 800. The molecule has 0 radical (unpaired) electrons. The van der Waals surface area contributed by atoms with Crippen molar-refractivity contribution in [3.05, 3.63) is 46.0 Å². The van der Waals surface area contributed by atoms with Gasteiger partial charge in [-0.2, -0.15) is 0 Å². The van der Waals surface area contributed by atoms with Gasteiger partial charge in [-0.15, -0.1) is 0 Å². The maximum atomic E-state index is 13.2. The lowest BCUT2D eigenvalue weighted by Crippen LogP contribution is -2.43. The number of amides is 1. The first-order chi connectivity index (χ1) is 11.6. The van der Waals surface area contributed by atoms with Crippen molar-refractivity contribution in [2.75, 3.05) is 6.54 Å². The molecule has 0 spiro atoms. The number of hydrogen-bond donors (Lipinski definition) is 1. The van der Waals surface area contributed by atoms with Crippen molar-refractivity contribution in [3.8, 4) is 0 Å². The number of nitrogens with one attached hydrogen (secondary N) is 1. The second-order valence-electron chi connectivity index (χ2n) is 6.50.